The van der Waals surface area contributed by atoms with Crippen LogP contribution in [0.3, 0.4) is 0 Å². The van der Waals surface area contributed by atoms with Gasteiger partial charge in [-0.05, 0) is 45.1 Å². The summed E-state index contributed by atoms with van der Waals surface area (Å²) in [5, 5.41) is 21.3. The smallest absolute Gasteiger partial charge is 0.235 e. The van der Waals surface area contributed by atoms with Crippen molar-refractivity contribution in [2.24, 2.45) is 0 Å². The fraction of sp³-hybridized carbons (Fsp3) is 0.846. The van der Waals surface area contributed by atoms with Gasteiger partial charge in [-0.25, -0.2) is 0 Å². The fourth-order valence-electron chi connectivity index (χ4n) is 3.04. The van der Waals surface area contributed by atoms with Gasteiger partial charge in [0, 0.05) is 6.04 Å². The van der Waals surface area contributed by atoms with Gasteiger partial charge in [0.2, 0.25) is 5.91 Å². The molecule has 1 heterocycles. The van der Waals surface area contributed by atoms with E-state index in [2.05, 4.69) is 11.4 Å². The van der Waals surface area contributed by atoms with Gasteiger partial charge in [-0.2, -0.15) is 5.26 Å². The van der Waals surface area contributed by atoms with E-state index in [9.17, 15) is 15.2 Å². The second-order valence-corrected chi connectivity index (χ2v) is 5.40. The molecule has 1 aliphatic carbocycles. The van der Waals surface area contributed by atoms with E-state index in [4.69, 9.17) is 0 Å². The third kappa shape index (κ3) is 2.82. The lowest BCUT2D eigenvalue weighted by Gasteiger charge is -2.26. The molecule has 1 amide bonds. The second-order valence-electron chi connectivity index (χ2n) is 5.40. The Morgan fingerprint density at radius 2 is 2.17 bits per heavy atom. The molecule has 0 aromatic heterocycles. The number of carbonyl (C=O) groups is 1. The van der Waals surface area contributed by atoms with Crippen LogP contribution >= 0.6 is 0 Å². The lowest BCUT2D eigenvalue weighted by Crippen LogP contribution is -2.50. The topological polar surface area (TPSA) is 76.4 Å². The normalized spacial score (nSPS) is 27.0. The number of aliphatic hydroxyl groups is 1. The highest BCUT2D eigenvalue weighted by molar-refractivity contribution is 5.79. The first kappa shape index (κ1) is 13.3. The molecule has 0 bridgehead atoms. The molecule has 1 saturated heterocycles. The SMILES string of the molecule is N#CC1(NC(=O)CN2CCC[C@@H]2CO)CCCC1. The predicted octanol–water partition coefficient (Wildman–Crippen LogP) is 0.396. The molecule has 5 nitrogen and oxygen atoms in total. The number of aliphatic hydroxyl groups excluding tert-OH is 1. The van der Waals surface area contributed by atoms with Crippen LogP contribution in [-0.4, -0.2) is 47.2 Å². The standard InChI is InChI=1S/C13H21N3O2/c14-10-13(5-1-2-6-13)15-12(18)8-16-7-3-4-11(16)9-17/h11,17H,1-9H2,(H,15,18)/t11-/m1/s1. The number of likely N-dealkylation sites (tertiary alicyclic amines) is 1. The molecular weight excluding hydrogens is 230 g/mol. The Balaban J connectivity index is 1.87. The van der Waals surface area contributed by atoms with Crippen molar-refractivity contribution in [3.63, 3.8) is 0 Å². The quantitative estimate of drug-likeness (QED) is 0.758. The minimum absolute atomic E-state index is 0.0844. The summed E-state index contributed by atoms with van der Waals surface area (Å²) in [4.78, 5) is 14.0. The van der Waals surface area contributed by atoms with Crippen molar-refractivity contribution in [2.45, 2.75) is 50.1 Å². The highest BCUT2D eigenvalue weighted by Gasteiger charge is 2.36. The zero-order valence-corrected chi connectivity index (χ0v) is 10.7. The zero-order chi connectivity index (χ0) is 13.0. The molecule has 2 fully saturated rings. The molecule has 0 aromatic rings. The van der Waals surface area contributed by atoms with Crippen LogP contribution in [0.5, 0.6) is 0 Å². The highest BCUT2D eigenvalue weighted by atomic mass is 16.3. The molecule has 1 saturated carbocycles. The van der Waals surface area contributed by atoms with Crippen molar-refractivity contribution >= 4 is 5.91 Å². The molecule has 0 unspecified atom stereocenters. The van der Waals surface area contributed by atoms with E-state index >= 15 is 0 Å². The van der Waals surface area contributed by atoms with Crippen molar-refractivity contribution in [3.05, 3.63) is 0 Å². The van der Waals surface area contributed by atoms with Gasteiger partial charge >= 0.3 is 0 Å². The van der Waals surface area contributed by atoms with Crippen molar-refractivity contribution in [3.8, 4) is 6.07 Å². The van der Waals surface area contributed by atoms with E-state index in [0.29, 0.717) is 6.54 Å². The van der Waals surface area contributed by atoms with Gasteiger partial charge in [0.1, 0.15) is 5.54 Å². The summed E-state index contributed by atoms with van der Waals surface area (Å²) in [6.07, 6.45) is 5.53. The van der Waals surface area contributed by atoms with Crippen molar-refractivity contribution in [1.29, 1.82) is 5.26 Å². The zero-order valence-electron chi connectivity index (χ0n) is 10.7. The van der Waals surface area contributed by atoms with Gasteiger partial charge < -0.3 is 10.4 Å². The van der Waals surface area contributed by atoms with Crippen LogP contribution in [0.25, 0.3) is 0 Å². The number of carbonyl (C=O) groups excluding carboxylic acids is 1. The van der Waals surface area contributed by atoms with Crippen LogP contribution in [0.4, 0.5) is 0 Å². The largest absolute Gasteiger partial charge is 0.395 e. The van der Waals surface area contributed by atoms with Crippen LogP contribution in [0.1, 0.15) is 38.5 Å². The van der Waals surface area contributed by atoms with Crippen LogP contribution in [-0.2, 0) is 4.79 Å². The maximum absolute atomic E-state index is 12.0. The average Bonchev–Trinajstić information content (AvgIpc) is 2.98. The Kier molecular flexibility index (Phi) is 4.20. The van der Waals surface area contributed by atoms with Crippen LogP contribution in [0, 0.1) is 11.3 Å². The maximum Gasteiger partial charge on any atom is 0.235 e. The van der Waals surface area contributed by atoms with Crippen molar-refractivity contribution < 1.29 is 9.90 Å². The molecule has 100 valence electrons. The lowest BCUT2D eigenvalue weighted by molar-refractivity contribution is -0.123. The summed E-state index contributed by atoms with van der Waals surface area (Å²) in [6, 6.07) is 2.37. The molecule has 5 heteroatoms. The van der Waals surface area contributed by atoms with Gasteiger partial charge in [0.25, 0.3) is 0 Å². The number of amides is 1. The average molecular weight is 251 g/mol. The van der Waals surface area contributed by atoms with E-state index in [0.717, 1.165) is 45.1 Å². The summed E-state index contributed by atoms with van der Waals surface area (Å²) in [5.74, 6) is -0.0844. The van der Waals surface area contributed by atoms with E-state index in [1.165, 1.54) is 0 Å². The van der Waals surface area contributed by atoms with Crippen LogP contribution < -0.4 is 5.32 Å². The van der Waals surface area contributed by atoms with E-state index in [1.807, 2.05) is 4.90 Å². The monoisotopic (exact) mass is 251 g/mol. The predicted molar refractivity (Wildman–Crippen MR) is 66.6 cm³/mol. The van der Waals surface area contributed by atoms with Gasteiger partial charge in [-0.1, -0.05) is 0 Å². The first-order chi connectivity index (χ1) is 8.69. The number of hydrogen-bond donors (Lipinski definition) is 2. The molecule has 2 rings (SSSR count). The van der Waals surface area contributed by atoms with E-state index in [1.54, 1.807) is 0 Å². The van der Waals surface area contributed by atoms with Crippen LogP contribution in [0.2, 0.25) is 0 Å². The summed E-state index contributed by atoms with van der Waals surface area (Å²) in [5.41, 5.74) is -0.633. The minimum Gasteiger partial charge on any atom is -0.395 e. The van der Waals surface area contributed by atoms with Crippen molar-refractivity contribution in [2.75, 3.05) is 19.7 Å². The Morgan fingerprint density at radius 3 is 2.78 bits per heavy atom. The summed E-state index contributed by atoms with van der Waals surface area (Å²) < 4.78 is 0. The number of rotatable bonds is 4. The molecule has 18 heavy (non-hydrogen) atoms. The number of hydrogen-bond acceptors (Lipinski definition) is 4. The summed E-state index contributed by atoms with van der Waals surface area (Å²) in [7, 11) is 0. The minimum atomic E-state index is -0.633. The third-order valence-corrected chi connectivity index (χ3v) is 4.11. The highest BCUT2D eigenvalue weighted by Crippen LogP contribution is 2.28. The Labute approximate surface area is 108 Å². The van der Waals surface area contributed by atoms with Gasteiger partial charge in [-0.15, -0.1) is 0 Å². The lowest BCUT2D eigenvalue weighted by atomic mass is 10.00. The van der Waals surface area contributed by atoms with Gasteiger partial charge in [0.15, 0.2) is 0 Å². The number of nitrogens with one attached hydrogen (secondary N) is 1. The fourth-order valence-corrected chi connectivity index (χ4v) is 3.04. The molecule has 0 spiro atoms. The van der Waals surface area contributed by atoms with Crippen LogP contribution in [0.15, 0.2) is 0 Å². The first-order valence-electron chi connectivity index (χ1n) is 6.76. The molecule has 1 aliphatic heterocycles. The Bertz CT molecular complexity index is 345. The van der Waals surface area contributed by atoms with Gasteiger partial charge in [-0.3, -0.25) is 9.69 Å². The molecule has 0 aromatic carbocycles. The van der Waals surface area contributed by atoms with E-state index in [-0.39, 0.29) is 18.6 Å². The van der Waals surface area contributed by atoms with Crippen molar-refractivity contribution in [1.82, 2.24) is 10.2 Å². The van der Waals surface area contributed by atoms with E-state index < -0.39 is 5.54 Å². The Hall–Kier alpha value is -1.12. The summed E-state index contributed by atoms with van der Waals surface area (Å²) in [6.45, 7) is 1.27. The van der Waals surface area contributed by atoms with Gasteiger partial charge in [0.05, 0.1) is 19.2 Å². The summed E-state index contributed by atoms with van der Waals surface area (Å²) >= 11 is 0. The molecule has 1 atom stereocenters. The maximum atomic E-state index is 12.0. The molecule has 2 N–H and O–H groups in total. The molecule has 0 radical (unpaired) electrons. The number of nitriles is 1. The first-order valence-corrected chi connectivity index (χ1v) is 6.76. The molecule has 2 aliphatic rings. The molecular formula is C13H21N3O2. The second kappa shape index (κ2) is 5.68. The Morgan fingerprint density at radius 1 is 1.44 bits per heavy atom. The third-order valence-electron chi connectivity index (χ3n) is 4.11. The number of nitrogens with zero attached hydrogens (tertiary/aromatic N) is 2.